The summed E-state index contributed by atoms with van der Waals surface area (Å²) in [6.07, 6.45) is 18.7. The van der Waals surface area contributed by atoms with Gasteiger partial charge in [-0.1, -0.05) is 127 Å². The van der Waals surface area contributed by atoms with Crippen LogP contribution < -0.4 is 16.4 Å². The third kappa shape index (κ3) is 19.2. The number of likely N-dealkylation sites (tertiary alicyclic amines) is 1. The van der Waals surface area contributed by atoms with Gasteiger partial charge in [-0.25, -0.2) is 4.98 Å². The molecule has 4 unspecified atom stereocenters. The Morgan fingerprint density at radius 3 is 2.16 bits per heavy atom. The lowest BCUT2D eigenvalue weighted by Gasteiger charge is -2.39. The summed E-state index contributed by atoms with van der Waals surface area (Å²) in [5.41, 5.74) is 6.30. The van der Waals surface area contributed by atoms with Gasteiger partial charge >= 0.3 is 6.18 Å². The molecule has 1 aliphatic carbocycles. The van der Waals surface area contributed by atoms with E-state index in [-0.39, 0.29) is 47.9 Å². The van der Waals surface area contributed by atoms with Gasteiger partial charge in [-0.2, -0.15) is 23.1 Å². The van der Waals surface area contributed by atoms with Gasteiger partial charge in [0.05, 0.1) is 0 Å². The zero-order chi connectivity index (χ0) is 41.2. The first-order chi connectivity index (χ1) is 26.4. The highest BCUT2D eigenvalue weighted by Crippen LogP contribution is 2.37. The maximum Gasteiger partial charge on any atom is 0.421 e. The summed E-state index contributed by atoms with van der Waals surface area (Å²) in [6.45, 7) is 20.2. The molecule has 2 heterocycles. The molecule has 0 aromatic carbocycles. The molecule has 55 heavy (non-hydrogen) atoms. The number of aromatic nitrogens is 2. The Labute approximate surface area is 334 Å². The second-order valence-corrected chi connectivity index (χ2v) is 15.4. The molecule has 4 N–H and O–H groups in total. The quantitative estimate of drug-likeness (QED) is 0.0548. The van der Waals surface area contributed by atoms with Crippen molar-refractivity contribution in [3.8, 4) is 0 Å². The Bertz CT molecular complexity index is 1230. The lowest BCUT2D eigenvalue weighted by Crippen LogP contribution is -2.48. The van der Waals surface area contributed by atoms with E-state index < -0.39 is 11.7 Å². The fourth-order valence-corrected chi connectivity index (χ4v) is 7.22. The van der Waals surface area contributed by atoms with E-state index in [1.807, 2.05) is 24.9 Å². The van der Waals surface area contributed by atoms with Crippen LogP contribution >= 0.6 is 0 Å². The molecule has 318 valence electrons. The third-order valence-corrected chi connectivity index (χ3v) is 10.6. The van der Waals surface area contributed by atoms with Gasteiger partial charge in [0.15, 0.2) is 0 Å². The highest BCUT2D eigenvalue weighted by atomic mass is 19.4. The fraction of sp³-hybridized carbons (Fsp3) is 0.818. The minimum Gasteiger partial charge on any atom is -0.388 e. The number of halogens is 3. The molecule has 3 rings (SSSR count). The molecule has 11 heteroatoms. The molecular formula is C44H80F3N7O. The van der Waals surface area contributed by atoms with Crippen molar-refractivity contribution in [1.29, 1.82) is 0 Å². The molecule has 1 aromatic rings. The molecule has 4 atom stereocenters. The summed E-state index contributed by atoms with van der Waals surface area (Å²) < 4.78 is 41.6. The highest BCUT2D eigenvalue weighted by Gasteiger charge is 2.36. The number of anilines is 1. The number of alkyl halides is 3. The SMILES string of the molecule is CC.CCCCC(C)CCC.CCCCC(CCC)N/C=C(\C(N)=N\c1ncc(C(F)(F)F)c(NCCCN2C(=O)C(CCCC)CCC2CC)n1)C1CC1. The molecule has 8 nitrogen and oxygen atoms in total. The van der Waals surface area contributed by atoms with Crippen LogP contribution in [-0.2, 0) is 11.0 Å². The minimum atomic E-state index is -4.63. The number of carbonyl (C=O) groups excluding carboxylic acids is 1. The van der Waals surface area contributed by atoms with Crippen molar-refractivity contribution >= 4 is 23.5 Å². The van der Waals surface area contributed by atoms with E-state index in [2.05, 4.69) is 74.1 Å². The van der Waals surface area contributed by atoms with Crippen LogP contribution in [0.2, 0.25) is 0 Å². The minimum absolute atomic E-state index is 0.0499. The van der Waals surface area contributed by atoms with Gasteiger partial charge in [0.1, 0.15) is 17.2 Å². The van der Waals surface area contributed by atoms with Crippen LogP contribution in [0.1, 0.15) is 190 Å². The maximum absolute atomic E-state index is 13.9. The number of unbranched alkanes of at least 4 members (excludes halogenated alkanes) is 3. The molecule has 0 spiro atoms. The number of nitrogens with two attached hydrogens (primary N) is 1. The van der Waals surface area contributed by atoms with Gasteiger partial charge in [-0.15, -0.1) is 0 Å². The summed E-state index contributed by atoms with van der Waals surface area (Å²) in [5, 5.41) is 6.37. The van der Waals surface area contributed by atoms with E-state index in [0.29, 0.717) is 19.0 Å². The Kier molecular flexibility index (Phi) is 26.0. The molecule has 0 bridgehead atoms. The van der Waals surface area contributed by atoms with Crippen molar-refractivity contribution in [2.45, 2.75) is 203 Å². The summed E-state index contributed by atoms with van der Waals surface area (Å²) in [6, 6.07) is 0.524. The van der Waals surface area contributed by atoms with E-state index in [9.17, 15) is 18.0 Å². The van der Waals surface area contributed by atoms with E-state index >= 15 is 0 Å². The van der Waals surface area contributed by atoms with Crippen LogP contribution in [0, 0.1) is 17.8 Å². The molecule has 1 saturated heterocycles. The summed E-state index contributed by atoms with van der Waals surface area (Å²) in [5.74, 6) is 1.26. The first-order valence-electron chi connectivity index (χ1n) is 22.2. The smallest absolute Gasteiger partial charge is 0.388 e. The van der Waals surface area contributed by atoms with Gasteiger partial charge in [0.2, 0.25) is 5.91 Å². The van der Waals surface area contributed by atoms with Crippen LogP contribution in [0.3, 0.4) is 0 Å². The molecule has 1 saturated carbocycles. The monoisotopic (exact) mass is 780 g/mol. The van der Waals surface area contributed by atoms with Crippen LogP contribution in [0.5, 0.6) is 0 Å². The van der Waals surface area contributed by atoms with Crippen molar-refractivity contribution in [2.24, 2.45) is 28.5 Å². The zero-order valence-electron chi connectivity index (χ0n) is 36.3. The normalized spacial score (nSPS) is 18.8. The number of hydrogen-bond acceptors (Lipinski definition) is 6. The predicted molar refractivity (Wildman–Crippen MR) is 227 cm³/mol. The fourth-order valence-electron chi connectivity index (χ4n) is 7.22. The van der Waals surface area contributed by atoms with Crippen LogP contribution in [-0.4, -0.2) is 51.8 Å². The summed E-state index contributed by atoms with van der Waals surface area (Å²) in [7, 11) is 0. The van der Waals surface area contributed by atoms with Crippen LogP contribution in [0.15, 0.2) is 23.0 Å². The van der Waals surface area contributed by atoms with Gasteiger partial charge in [0.25, 0.3) is 5.95 Å². The number of amides is 1. The van der Waals surface area contributed by atoms with E-state index in [1.54, 1.807) is 0 Å². The maximum atomic E-state index is 13.9. The number of piperidine rings is 1. The average Bonchev–Trinajstić information content (AvgIpc) is 4.01. The molecule has 2 fully saturated rings. The zero-order valence-corrected chi connectivity index (χ0v) is 36.3. The van der Waals surface area contributed by atoms with Crippen molar-refractivity contribution < 1.29 is 18.0 Å². The molecule has 1 amide bonds. The first-order valence-corrected chi connectivity index (χ1v) is 22.2. The lowest BCUT2D eigenvalue weighted by molar-refractivity contribution is -0.142. The molecule has 0 radical (unpaired) electrons. The van der Waals surface area contributed by atoms with Gasteiger partial charge in [-0.05, 0) is 69.6 Å². The highest BCUT2D eigenvalue weighted by molar-refractivity contribution is 5.99. The van der Waals surface area contributed by atoms with Gasteiger partial charge in [0, 0.05) is 49.1 Å². The summed E-state index contributed by atoms with van der Waals surface area (Å²) >= 11 is 0. The molecule has 2 aliphatic rings. The van der Waals surface area contributed by atoms with E-state index in [0.717, 1.165) is 101 Å². The average molecular weight is 780 g/mol. The number of rotatable bonds is 24. The second-order valence-electron chi connectivity index (χ2n) is 15.4. The van der Waals surface area contributed by atoms with Crippen LogP contribution in [0.4, 0.5) is 24.9 Å². The summed E-state index contributed by atoms with van der Waals surface area (Å²) in [4.78, 5) is 27.5. The van der Waals surface area contributed by atoms with Crippen LogP contribution in [0.25, 0.3) is 0 Å². The van der Waals surface area contributed by atoms with Gasteiger partial charge in [-0.3, -0.25) is 4.79 Å². The van der Waals surface area contributed by atoms with Crippen molar-refractivity contribution in [3.63, 3.8) is 0 Å². The van der Waals surface area contributed by atoms with Gasteiger partial charge < -0.3 is 21.3 Å². The standard InChI is InChI=1S/C33H54F3N7O.C9H20.C2H6/c1-5-9-13-24-17-18-26(8-4)43(31(24)44)20-11-19-38-30-28(33(34,35)36)22-40-32(42-30)41-29(37)27(23-15-16-23)21-39-25(12-7-3)14-10-6-2;1-4-6-8-9(3)7-5-2;1-2/h21-26,39H,5-20H2,1-4H3,(H3,37,38,40,41,42);9H,4-8H2,1-3H3;1-2H3/b27-21-;;. The molecule has 1 aliphatic heterocycles. The first kappa shape index (κ1) is 50.2. The number of hydrogen-bond donors (Lipinski definition) is 3. The number of amidine groups is 1. The Balaban J connectivity index is 0.00000120. The predicted octanol–water partition coefficient (Wildman–Crippen LogP) is 12.4. The number of nitrogens with one attached hydrogen (secondary N) is 2. The van der Waals surface area contributed by atoms with E-state index in [4.69, 9.17) is 5.73 Å². The molecular weight excluding hydrogens is 700 g/mol. The number of aliphatic imine (C=N–C) groups is 1. The second kappa shape index (κ2) is 28.5. The molecule has 1 aromatic heterocycles. The van der Waals surface area contributed by atoms with Crippen molar-refractivity contribution in [3.05, 3.63) is 23.5 Å². The van der Waals surface area contributed by atoms with Crippen molar-refractivity contribution in [2.75, 3.05) is 18.4 Å². The number of nitrogens with zero attached hydrogens (tertiary/aromatic N) is 4. The number of carbonyl (C=O) groups is 1. The largest absolute Gasteiger partial charge is 0.421 e. The Morgan fingerprint density at radius 1 is 0.927 bits per heavy atom. The van der Waals surface area contributed by atoms with Crippen molar-refractivity contribution in [1.82, 2.24) is 20.2 Å². The lowest BCUT2D eigenvalue weighted by atomic mass is 9.87. The Morgan fingerprint density at radius 2 is 1.58 bits per heavy atom. The topological polar surface area (TPSA) is 109 Å². The third-order valence-electron chi connectivity index (χ3n) is 10.6. The Hall–Kier alpha value is -2.85. The van der Waals surface area contributed by atoms with E-state index in [1.165, 1.54) is 32.1 Å².